The Hall–Kier alpha value is -1.24. The van der Waals surface area contributed by atoms with Gasteiger partial charge in [0.25, 0.3) is 0 Å². The Morgan fingerprint density at radius 3 is 2.71 bits per heavy atom. The lowest BCUT2D eigenvalue weighted by molar-refractivity contribution is -0.155. The molecule has 0 aliphatic carbocycles. The number of hydrogen-bond donors (Lipinski definition) is 1. The predicted molar refractivity (Wildman–Crippen MR) is 79.8 cm³/mol. The van der Waals surface area contributed by atoms with Crippen LogP contribution in [0.1, 0.15) is 33.1 Å². The van der Waals surface area contributed by atoms with Gasteiger partial charge in [0.2, 0.25) is 11.8 Å². The van der Waals surface area contributed by atoms with E-state index < -0.39 is 17.4 Å². The normalized spacial score (nSPS) is 29.5. The summed E-state index contributed by atoms with van der Waals surface area (Å²) in [6.45, 7) is 4.29. The number of carbonyl (C=O) groups excluding carboxylic acids is 2. The minimum absolute atomic E-state index is 0.0173. The number of rotatable bonds is 3. The standard InChI is InChI=1S/C14H22N2O4S/c1-3-11(17)16-9-21-7-10(16)12(18)15-6-4-5-14(2,8-15)13(19)20/h10H,3-9H2,1-2H3,(H,19,20). The zero-order chi connectivity index (χ0) is 15.6. The molecule has 0 radical (unpaired) electrons. The van der Waals surface area contributed by atoms with Crippen molar-refractivity contribution < 1.29 is 19.5 Å². The molecule has 7 heteroatoms. The lowest BCUT2D eigenvalue weighted by Crippen LogP contribution is -2.54. The number of likely N-dealkylation sites (tertiary alicyclic amines) is 1. The van der Waals surface area contributed by atoms with Crippen LogP contribution in [-0.4, -0.2) is 63.5 Å². The first-order valence-electron chi connectivity index (χ1n) is 7.28. The van der Waals surface area contributed by atoms with Crippen molar-refractivity contribution in [3.05, 3.63) is 0 Å². The SMILES string of the molecule is CCC(=O)N1CSCC1C(=O)N1CCCC(C)(C(=O)O)C1. The van der Waals surface area contributed by atoms with E-state index in [0.717, 1.165) is 0 Å². The number of hydrogen-bond acceptors (Lipinski definition) is 4. The minimum Gasteiger partial charge on any atom is -0.481 e. The van der Waals surface area contributed by atoms with Crippen molar-refractivity contribution >= 4 is 29.5 Å². The number of aliphatic carboxylic acids is 1. The van der Waals surface area contributed by atoms with Gasteiger partial charge in [-0.05, 0) is 19.8 Å². The highest BCUT2D eigenvalue weighted by atomic mass is 32.2. The zero-order valence-corrected chi connectivity index (χ0v) is 13.3. The average Bonchev–Trinajstić information content (AvgIpc) is 2.95. The van der Waals surface area contributed by atoms with Crippen LogP contribution < -0.4 is 0 Å². The Kier molecular flexibility index (Phi) is 4.81. The summed E-state index contributed by atoms with van der Waals surface area (Å²) in [7, 11) is 0. The maximum Gasteiger partial charge on any atom is 0.311 e. The molecule has 1 N–H and O–H groups in total. The molecule has 2 saturated heterocycles. The fraction of sp³-hybridized carbons (Fsp3) is 0.786. The number of carboxylic acid groups (broad SMARTS) is 1. The zero-order valence-electron chi connectivity index (χ0n) is 12.5. The Bertz CT molecular complexity index is 456. The third kappa shape index (κ3) is 3.17. The molecule has 2 heterocycles. The van der Waals surface area contributed by atoms with Gasteiger partial charge in [-0.1, -0.05) is 6.92 Å². The molecule has 2 atom stereocenters. The van der Waals surface area contributed by atoms with Crippen molar-refractivity contribution in [2.45, 2.75) is 39.2 Å². The lowest BCUT2D eigenvalue weighted by atomic mass is 9.82. The summed E-state index contributed by atoms with van der Waals surface area (Å²) in [5.41, 5.74) is -0.876. The molecule has 2 aliphatic heterocycles. The quantitative estimate of drug-likeness (QED) is 0.841. The van der Waals surface area contributed by atoms with Crippen LogP contribution >= 0.6 is 11.8 Å². The van der Waals surface area contributed by atoms with Gasteiger partial charge in [0, 0.05) is 25.3 Å². The van der Waals surface area contributed by atoms with Crippen LogP contribution in [0.25, 0.3) is 0 Å². The number of amides is 2. The Balaban J connectivity index is 2.09. The number of carboxylic acids is 1. The number of thioether (sulfide) groups is 1. The van der Waals surface area contributed by atoms with Gasteiger partial charge in [-0.2, -0.15) is 0 Å². The van der Waals surface area contributed by atoms with Gasteiger partial charge in [0.15, 0.2) is 0 Å². The molecule has 118 valence electrons. The van der Waals surface area contributed by atoms with Gasteiger partial charge in [-0.3, -0.25) is 14.4 Å². The Morgan fingerprint density at radius 1 is 1.38 bits per heavy atom. The predicted octanol–water partition coefficient (Wildman–Crippen LogP) is 1.01. The Labute approximate surface area is 128 Å². The topological polar surface area (TPSA) is 77.9 Å². The molecule has 21 heavy (non-hydrogen) atoms. The van der Waals surface area contributed by atoms with Gasteiger partial charge >= 0.3 is 5.97 Å². The molecule has 0 saturated carbocycles. The molecule has 0 aromatic heterocycles. The molecule has 2 unspecified atom stereocenters. The molecule has 2 aliphatic rings. The summed E-state index contributed by atoms with van der Waals surface area (Å²) >= 11 is 1.57. The molecule has 0 spiro atoms. The molecule has 2 amide bonds. The summed E-state index contributed by atoms with van der Waals surface area (Å²) in [6.07, 6.45) is 1.66. The van der Waals surface area contributed by atoms with Crippen molar-refractivity contribution in [1.82, 2.24) is 9.80 Å². The van der Waals surface area contributed by atoms with Crippen molar-refractivity contribution in [2.24, 2.45) is 5.41 Å². The summed E-state index contributed by atoms with van der Waals surface area (Å²) < 4.78 is 0. The number of nitrogens with zero attached hydrogens (tertiary/aromatic N) is 2. The van der Waals surface area contributed by atoms with E-state index in [2.05, 4.69) is 0 Å². The van der Waals surface area contributed by atoms with Gasteiger partial charge < -0.3 is 14.9 Å². The fourth-order valence-electron chi connectivity index (χ4n) is 2.91. The van der Waals surface area contributed by atoms with Gasteiger partial charge in [0.1, 0.15) is 6.04 Å². The van der Waals surface area contributed by atoms with Crippen LogP contribution in [0, 0.1) is 5.41 Å². The van der Waals surface area contributed by atoms with Gasteiger partial charge in [-0.15, -0.1) is 11.8 Å². The minimum atomic E-state index is -0.876. The van der Waals surface area contributed by atoms with E-state index in [0.29, 0.717) is 37.4 Å². The second-order valence-electron chi connectivity index (χ2n) is 5.96. The van der Waals surface area contributed by atoms with Gasteiger partial charge in [-0.25, -0.2) is 0 Å². The first kappa shape index (κ1) is 16.1. The highest BCUT2D eigenvalue weighted by Crippen LogP contribution is 2.31. The second-order valence-corrected chi connectivity index (χ2v) is 6.96. The second kappa shape index (κ2) is 6.25. The van der Waals surface area contributed by atoms with E-state index in [1.54, 1.807) is 35.4 Å². The Morgan fingerprint density at radius 2 is 2.10 bits per heavy atom. The summed E-state index contributed by atoms with van der Waals surface area (Å²) in [5, 5.41) is 9.33. The van der Waals surface area contributed by atoms with Crippen molar-refractivity contribution in [3.63, 3.8) is 0 Å². The highest BCUT2D eigenvalue weighted by molar-refractivity contribution is 7.99. The molecule has 2 fully saturated rings. The third-order valence-electron chi connectivity index (χ3n) is 4.31. The van der Waals surface area contributed by atoms with Crippen LogP contribution in [-0.2, 0) is 14.4 Å². The number of piperidine rings is 1. The highest BCUT2D eigenvalue weighted by Gasteiger charge is 2.43. The van der Waals surface area contributed by atoms with E-state index in [9.17, 15) is 19.5 Å². The summed E-state index contributed by atoms with van der Waals surface area (Å²) in [4.78, 5) is 39.2. The van der Waals surface area contributed by atoms with E-state index in [4.69, 9.17) is 0 Å². The molecular weight excluding hydrogens is 292 g/mol. The van der Waals surface area contributed by atoms with E-state index in [1.807, 2.05) is 0 Å². The molecule has 0 aromatic carbocycles. The maximum absolute atomic E-state index is 12.7. The van der Waals surface area contributed by atoms with Gasteiger partial charge in [0.05, 0.1) is 11.3 Å². The fourth-order valence-corrected chi connectivity index (χ4v) is 4.08. The molecular formula is C14H22N2O4S. The molecule has 6 nitrogen and oxygen atoms in total. The number of carbonyl (C=O) groups is 3. The van der Waals surface area contributed by atoms with E-state index >= 15 is 0 Å². The van der Waals surface area contributed by atoms with Crippen molar-refractivity contribution in [2.75, 3.05) is 24.7 Å². The largest absolute Gasteiger partial charge is 0.481 e. The maximum atomic E-state index is 12.7. The monoisotopic (exact) mass is 314 g/mol. The lowest BCUT2D eigenvalue weighted by Gasteiger charge is -2.39. The van der Waals surface area contributed by atoms with Crippen LogP contribution in [0.15, 0.2) is 0 Å². The average molecular weight is 314 g/mol. The third-order valence-corrected chi connectivity index (χ3v) is 5.33. The van der Waals surface area contributed by atoms with Crippen molar-refractivity contribution in [1.29, 1.82) is 0 Å². The van der Waals surface area contributed by atoms with E-state index in [1.165, 1.54) is 0 Å². The van der Waals surface area contributed by atoms with Crippen molar-refractivity contribution in [3.8, 4) is 0 Å². The summed E-state index contributed by atoms with van der Waals surface area (Å²) in [6, 6.07) is -0.432. The molecule has 2 rings (SSSR count). The van der Waals surface area contributed by atoms with E-state index in [-0.39, 0.29) is 18.4 Å². The van der Waals surface area contributed by atoms with Crippen LogP contribution in [0.3, 0.4) is 0 Å². The van der Waals surface area contributed by atoms with Crippen LogP contribution in [0.5, 0.6) is 0 Å². The first-order chi connectivity index (χ1) is 9.89. The van der Waals surface area contributed by atoms with Crippen LogP contribution in [0.2, 0.25) is 0 Å². The van der Waals surface area contributed by atoms with Crippen LogP contribution in [0.4, 0.5) is 0 Å². The summed E-state index contributed by atoms with van der Waals surface area (Å²) in [5.74, 6) is 0.172. The first-order valence-corrected chi connectivity index (χ1v) is 8.44. The smallest absolute Gasteiger partial charge is 0.311 e. The molecule has 0 bridgehead atoms. The molecule has 0 aromatic rings.